The van der Waals surface area contributed by atoms with Crippen LogP contribution in [0.15, 0.2) is 62.7 Å². The molecule has 0 saturated carbocycles. The highest BCUT2D eigenvalue weighted by Crippen LogP contribution is 2.32. The Hall–Kier alpha value is -3.57. The van der Waals surface area contributed by atoms with Crippen LogP contribution in [-0.2, 0) is 6.54 Å². The number of aromatic nitrogens is 1. The molecule has 29 heavy (non-hydrogen) atoms. The summed E-state index contributed by atoms with van der Waals surface area (Å²) in [6.07, 6.45) is 3.38. The zero-order valence-electron chi connectivity index (χ0n) is 15.3. The van der Waals surface area contributed by atoms with E-state index in [-0.39, 0.29) is 12.3 Å². The number of nitriles is 1. The maximum atomic E-state index is 12.4. The number of nitrogens with zero attached hydrogens (tertiary/aromatic N) is 3. The Balaban J connectivity index is 1.57. The lowest BCUT2D eigenvalue weighted by Gasteiger charge is -2.00. The van der Waals surface area contributed by atoms with Gasteiger partial charge in [-0.2, -0.15) is 10.4 Å². The number of para-hydroxylation sites is 1. The van der Waals surface area contributed by atoms with Crippen LogP contribution < -0.4 is 10.2 Å². The number of carbonyl (C=O) groups excluding carboxylic acids is 1. The number of amides is 1. The van der Waals surface area contributed by atoms with Crippen LogP contribution in [0.1, 0.15) is 16.1 Å². The van der Waals surface area contributed by atoms with Gasteiger partial charge >= 0.3 is 5.91 Å². The molecule has 1 N–H and O–H groups in total. The number of hydrazone groups is 1. The number of halogens is 1. The minimum Gasteiger partial charge on any atom is -0.493 e. The lowest BCUT2D eigenvalue weighted by atomic mass is 10.2. The van der Waals surface area contributed by atoms with Crippen molar-refractivity contribution >= 4 is 49.9 Å². The van der Waals surface area contributed by atoms with Gasteiger partial charge in [-0.3, -0.25) is 4.79 Å². The van der Waals surface area contributed by atoms with Crippen molar-refractivity contribution in [2.75, 3.05) is 7.11 Å². The number of ether oxygens (including phenoxy) is 1. The van der Waals surface area contributed by atoms with Gasteiger partial charge < -0.3 is 13.7 Å². The largest absolute Gasteiger partial charge is 0.493 e. The Labute approximate surface area is 174 Å². The summed E-state index contributed by atoms with van der Waals surface area (Å²) in [7, 11) is 1.54. The summed E-state index contributed by atoms with van der Waals surface area (Å²) in [6, 6.07) is 15.1. The quantitative estimate of drug-likeness (QED) is 0.359. The first-order chi connectivity index (χ1) is 14.1. The second kappa shape index (κ2) is 7.81. The van der Waals surface area contributed by atoms with Crippen LogP contribution >= 0.6 is 15.9 Å². The van der Waals surface area contributed by atoms with E-state index in [4.69, 9.17) is 14.4 Å². The molecule has 2 aromatic heterocycles. The third-order valence-electron chi connectivity index (χ3n) is 4.42. The van der Waals surface area contributed by atoms with E-state index in [1.807, 2.05) is 41.1 Å². The topological polar surface area (TPSA) is 92.5 Å². The molecule has 4 rings (SSSR count). The molecule has 0 unspecified atom stereocenters. The number of hydrogen-bond acceptors (Lipinski definition) is 5. The van der Waals surface area contributed by atoms with Gasteiger partial charge in [-0.15, -0.1) is 0 Å². The van der Waals surface area contributed by atoms with Gasteiger partial charge in [0.25, 0.3) is 0 Å². The Bertz CT molecular complexity index is 1300. The molecular weight excluding hydrogens is 436 g/mol. The second-order valence-corrected chi connectivity index (χ2v) is 7.14. The lowest BCUT2D eigenvalue weighted by Crippen LogP contribution is -2.16. The molecule has 8 heteroatoms. The third-order valence-corrected chi connectivity index (χ3v) is 4.88. The van der Waals surface area contributed by atoms with E-state index >= 15 is 0 Å². The molecule has 0 aliphatic heterocycles. The second-order valence-electron chi connectivity index (χ2n) is 6.22. The fourth-order valence-electron chi connectivity index (χ4n) is 3.15. The van der Waals surface area contributed by atoms with Gasteiger partial charge in [-0.1, -0.05) is 34.1 Å². The molecule has 0 saturated heterocycles. The van der Waals surface area contributed by atoms with Gasteiger partial charge in [0.15, 0.2) is 17.1 Å². The Morgan fingerprint density at radius 2 is 2.21 bits per heavy atom. The summed E-state index contributed by atoms with van der Waals surface area (Å²) in [6.45, 7) is 0.233. The number of furan rings is 1. The highest BCUT2D eigenvalue weighted by molar-refractivity contribution is 9.10. The van der Waals surface area contributed by atoms with Crippen LogP contribution in [0.25, 0.3) is 21.9 Å². The van der Waals surface area contributed by atoms with Gasteiger partial charge in [0.05, 0.1) is 19.4 Å². The zero-order valence-corrected chi connectivity index (χ0v) is 16.9. The van der Waals surface area contributed by atoms with Crippen LogP contribution in [0.4, 0.5) is 0 Å². The number of fused-ring (bicyclic) bond motifs is 2. The number of carbonyl (C=O) groups is 1. The monoisotopic (exact) mass is 450 g/mol. The normalized spacial score (nSPS) is 11.2. The van der Waals surface area contributed by atoms with Crippen molar-refractivity contribution in [3.05, 3.63) is 64.5 Å². The van der Waals surface area contributed by atoms with Gasteiger partial charge in [0.1, 0.15) is 6.54 Å². The maximum Gasteiger partial charge on any atom is 0.307 e. The predicted molar refractivity (Wildman–Crippen MR) is 113 cm³/mol. The molecule has 0 fully saturated rings. The van der Waals surface area contributed by atoms with Crippen LogP contribution in [0.3, 0.4) is 0 Å². The van der Waals surface area contributed by atoms with Gasteiger partial charge in [-0.05, 0) is 24.3 Å². The summed E-state index contributed by atoms with van der Waals surface area (Å²) in [5.74, 6) is 0.180. The van der Waals surface area contributed by atoms with Crippen molar-refractivity contribution in [3.8, 4) is 11.8 Å². The molecule has 2 aromatic carbocycles. The molecule has 0 spiro atoms. The highest BCUT2D eigenvalue weighted by Gasteiger charge is 2.15. The number of benzene rings is 2. The summed E-state index contributed by atoms with van der Waals surface area (Å²) >= 11 is 3.40. The standard InChI is InChI=1S/C21H15BrN4O3/c1-28-18-10-15(22)8-13-9-19(29-20(13)18)21(27)25-24-11-14-12-26(7-6-23)17-5-3-2-4-16(14)17/h2-5,8-12H,7H2,1H3,(H,25,27). The van der Waals surface area contributed by atoms with E-state index in [0.29, 0.717) is 11.3 Å². The van der Waals surface area contributed by atoms with E-state index in [0.717, 1.165) is 26.3 Å². The SMILES string of the molecule is COc1cc(Br)cc2cc(C(=O)NN=Cc3cn(CC#N)c4ccccc34)oc12. The molecule has 2 heterocycles. The molecule has 0 atom stereocenters. The van der Waals surface area contributed by atoms with E-state index < -0.39 is 5.91 Å². The third kappa shape index (κ3) is 3.60. The zero-order chi connectivity index (χ0) is 20.4. The minimum absolute atomic E-state index is 0.125. The average molecular weight is 451 g/mol. The first-order valence-electron chi connectivity index (χ1n) is 8.66. The number of nitrogens with one attached hydrogen (secondary N) is 1. The van der Waals surface area contributed by atoms with E-state index in [9.17, 15) is 4.79 Å². The Morgan fingerprint density at radius 3 is 3.00 bits per heavy atom. The van der Waals surface area contributed by atoms with E-state index in [1.54, 1.807) is 18.3 Å². The molecule has 144 valence electrons. The van der Waals surface area contributed by atoms with Gasteiger partial charge in [-0.25, -0.2) is 5.43 Å². The molecule has 7 nitrogen and oxygen atoms in total. The molecule has 4 aromatic rings. The maximum absolute atomic E-state index is 12.4. The summed E-state index contributed by atoms with van der Waals surface area (Å²) in [4.78, 5) is 12.4. The molecular formula is C21H15BrN4O3. The Kier molecular flexibility index (Phi) is 5.06. The highest BCUT2D eigenvalue weighted by atomic mass is 79.9. The first-order valence-corrected chi connectivity index (χ1v) is 9.45. The minimum atomic E-state index is -0.476. The van der Waals surface area contributed by atoms with E-state index in [1.165, 1.54) is 7.11 Å². The van der Waals surface area contributed by atoms with Gasteiger partial charge in [0, 0.05) is 32.5 Å². The molecule has 0 bridgehead atoms. The van der Waals surface area contributed by atoms with Crippen LogP contribution in [-0.4, -0.2) is 23.8 Å². The van der Waals surface area contributed by atoms with Crippen molar-refractivity contribution in [2.45, 2.75) is 6.54 Å². The molecule has 0 aliphatic carbocycles. The number of hydrogen-bond donors (Lipinski definition) is 1. The number of rotatable bonds is 5. The predicted octanol–water partition coefficient (Wildman–Crippen LogP) is 4.45. The first kappa shape index (κ1) is 18.8. The Morgan fingerprint density at radius 1 is 1.38 bits per heavy atom. The molecule has 0 radical (unpaired) electrons. The van der Waals surface area contributed by atoms with Crippen molar-refractivity contribution in [1.82, 2.24) is 9.99 Å². The summed E-state index contributed by atoms with van der Waals surface area (Å²) < 4.78 is 13.6. The van der Waals surface area contributed by atoms with Crippen molar-refractivity contribution in [3.63, 3.8) is 0 Å². The van der Waals surface area contributed by atoms with Crippen molar-refractivity contribution in [2.24, 2.45) is 5.10 Å². The molecule has 0 aliphatic rings. The fourth-order valence-corrected chi connectivity index (χ4v) is 3.60. The smallest absolute Gasteiger partial charge is 0.307 e. The van der Waals surface area contributed by atoms with Crippen molar-refractivity contribution in [1.29, 1.82) is 5.26 Å². The van der Waals surface area contributed by atoms with E-state index in [2.05, 4.69) is 32.5 Å². The number of methoxy groups -OCH3 is 1. The summed E-state index contributed by atoms with van der Waals surface area (Å²) in [5, 5.41) is 14.7. The summed E-state index contributed by atoms with van der Waals surface area (Å²) in [5.41, 5.74) is 4.69. The average Bonchev–Trinajstić information content (AvgIpc) is 3.30. The molecule has 1 amide bonds. The fraction of sp³-hybridized carbons (Fsp3) is 0.0952. The van der Waals surface area contributed by atoms with Crippen LogP contribution in [0.5, 0.6) is 5.75 Å². The van der Waals surface area contributed by atoms with Crippen LogP contribution in [0, 0.1) is 11.3 Å². The van der Waals surface area contributed by atoms with Gasteiger partial charge in [0.2, 0.25) is 0 Å². The lowest BCUT2D eigenvalue weighted by molar-refractivity contribution is 0.0929. The van der Waals surface area contributed by atoms with Crippen LogP contribution in [0.2, 0.25) is 0 Å². The van der Waals surface area contributed by atoms with Crippen molar-refractivity contribution < 1.29 is 13.9 Å².